The Morgan fingerprint density at radius 1 is 1.10 bits per heavy atom. The third-order valence-corrected chi connectivity index (χ3v) is 6.53. The molecular weight excluding hydrogens is 365 g/mol. The minimum atomic E-state index is -0.161. The summed E-state index contributed by atoms with van der Waals surface area (Å²) in [5.41, 5.74) is 1.78. The lowest BCUT2D eigenvalue weighted by Crippen LogP contribution is -2.62. The molecule has 2 heterocycles. The minimum absolute atomic E-state index is 0.161. The van der Waals surface area contributed by atoms with Crippen molar-refractivity contribution in [3.63, 3.8) is 0 Å². The van der Waals surface area contributed by atoms with Gasteiger partial charge in [0, 0.05) is 18.6 Å². The molecule has 2 fully saturated rings. The second-order valence-corrected chi connectivity index (χ2v) is 8.71. The van der Waals surface area contributed by atoms with Gasteiger partial charge in [0.15, 0.2) is 5.96 Å². The molecule has 0 unspecified atom stereocenters. The molecule has 2 N–H and O–H groups in total. The van der Waals surface area contributed by atoms with Crippen LogP contribution in [-0.2, 0) is 6.54 Å². The minimum Gasteiger partial charge on any atom is -0.357 e. The van der Waals surface area contributed by atoms with Gasteiger partial charge in [0.25, 0.3) is 0 Å². The zero-order valence-corrected chi connectivity index (χ0v) is 18.4. The average Bonchev–Trinajstić information content (AvgIpc) is 2.74. The highest BCUT2D eigenvalue weighted by molar-refractivity contribution is 5.79. The number of hydrogen-bond donors (Lipinski definition) is 2. The molecule has 1 aromatic carbocycles. The van der Waals surface area contributed by atoms with Crippen LogP contribution in [0.15, 0.2) is 23.2 Å². The molecule has 2 saturated heterocycles. The summed E-state index contributed by atoms with van der Waals surface area (Å²) in [6.45, 7) is 10.8. The highest BCUT2D eigenvalue weighted by atomic mass is 19.1. The van der Waals surface area contributed by atoms with Gasteiger partial charge in [-0.25, -0.2) is 9.38 Å². The van der Waals surface area contributed by atoms with Crippen LogP contribution in [0.25, 0.3) is 0 Å². The van der Waals surface area contributed by atoms with E-state index in [0.29, 0.717) is 12.1 Å². The van der Waals surface area contributed by atoms with Gasteiger partial charge in [-0.2, -0.15) is 0 Å². The number of likely N-dealkylation sites (tertiary alicyclic amines) is 2. The smallest absolute Gasteiger partial charge is 0.191 e. The summed E-state index contributed by atoms with van der Waals surface area (Å²) in [4.78, 5) is 9.90. The van der Waals surface area contributed by atoms with Gasteiger partial charge in [-0.05, 0) is 90.0 Å². The first-order valence-electron chi connectivity index (χ1n) is 11.2. The molecule has 0 atom stereocenters. The van der Waals surface area contributed by atoms with Crippen LogP contribution in [0, 0.1) is 12.7 Å². The van der Waals surface area contributed by atoms with Gasteiger partial charge in [0.2, 0.25) is 0 Å². The Bertz CT molecular complexity index is 676. The average molecular weight is 404 g/mol. The van der Waals surface area contributed by atoms with Crippen LogP contribution in [0.4, 0.5) is 4.39 Å². The molecule has 0 bridgehead atoms. The molecule has 162 valence electrons. The van der Waals surface area contributed by atoms with Gasteiger partial charge in [-0.1, -0.05) is 18.6 Å². The molecule has 6 heteroatoms. The van der Waals surface area contributed by atoms with Crippen LogP contribution >= 0.6 is 0 Å². The molecule has 0 aromatic heterocycles. The largest absolute Gasteiger partial charge is 0.357 e. The molecule has 29 heavy (non-hydrogen) atoms. The lowest BCUT2D eigenvalue weighted by Gasteiger charge is -2.50. The molecule has 0 radical (unpaired) electrons. The van der Waals surface area contributed by atoms with Crippen LogP contribution in [0.5, 0.6) is 0 Å². The van der Waals surface area contributed by atoms with Gasteiger partial charge in [0.05, 0.1) is 6.54 Å². The van der Waals surface area contributed by atoms with Crippen molar-refractivity contribution in [3.05, 3.63) is 35.1 Å². The molecule has 2 aliphatic rings. The van der Waals surface area contributed by atoms with Crippen molar-refractivity contribution in [2.45, 2.75) is 58.0 Å². The van der Waals surface area contributed by atoms with Crippen molar-refractivity contribution in [1.82, 2.24) is 20.4 Å². The van der Waals surface area contributed by atoms with Crippen molar-refractivity contribution >= 4 is 5.96 Å². The molecule has 0 amide bonds. The van der Waals surface area contributed by atoms with Gasteiger partial charge in [0.1, 0.15) is 5.82 Å². The van der Waals surface area contributed by atoms with Crippen LogP contribution in [0.3, 0.4) is 0 Å². The maximum absolute atomic E-state index is 13.8. The monoisotopic (exact) mass is 403 g/mol. The first kappa shape index (κ1) is 22.0. The summed E-state index contributed by atoms with van der Waals surface area (Å²) < 4.78 is 13.8. The topological polar surface area (TPSA) is 42.9 Å². The van der Waals surface area contributed by atoms with Crippen LogP contribution < -0.4 is 10.6 Å². The van der Waals surface area contributed by atoms with Crippen molar-refractivity contribution in [3.8, 4) is 0 Å². The third-order valence-electron chi connectivity index (χ3n) is 6.53. The molecule has 3 rings (SSSR count). The number of aryl methyl sites for hydroxylation is 1. The van der Waals surface area contributed by atoms with E-state index in [4.69, 9.17) is 4.99 Å². The lowest BCUT2D eigenvalue weighted by atomic mass is 9.84. The Labute approximate surface area is 175 Å². The summed E-state index contributed by atoms with van der Waals surface area (Å²) in [7, 11) is 2.22. The van der Waals surface area contributed by atoms with Crippen LogP contribution in [-0.4, -0.2) is 67.6 Å². The third kappa shape index (κ3) is 5.92. The molecule has 0 saturated carbocycles. The number of guanidine groups is 1. The zero-order chi connectivity index (χ0) is 20.7. The van der Waals surface area contributed by atoms with E-state index in [1.807, 2.05) is 12.1 Å². The SMILES string of the molecule is CCNC(=NCc1ccc(C)c(F)c1)NCC1(N2CCCCC2)CCN(C)CC1. The van der Waals surface area contributed by atoms with E-state index in [1.54, 1.807) is 13.0 Å². The molecule has 0 spiro atoms. The summed E-state index contributed by atoms with van der Waals surface area (Å²) >= 11 is 0. The van der Waals surface area contributed by atoms with Crippen molar-refractivity contribution in [1.29, 1.82) is 0 Å². The summed E-state index contributed by atoms with van der Waals surface area (Å²) in [6.07, 6.45) is 6.37. The second kappa shape index (κ2) is 10.4. The van der Waals surface area contributed by atoms with Crippen LogP contribution in [0.2, 0.25) is 0 Å². The van der Waals surface area contributed by atoms with E-state index in [9.17, 15) is 4.39 Å². The van der Waals surface area contributed by atoms with Gasteiger partial charge in [-0.15, -0.1) is 0 Å². The lowest BCUT2D eigenvalue weighted by molar-refractivity contribution is 0.0173. The maximum Gasteiger partial charge on any atom is 0.191 e. The highest BCUT2D eigenvalue weighted by Crippen LogP contribution is 2.30. The van der Waals surface area contributed by atoms with Gasteiger partial charge in [-0.3, -0.25) is 4.90 Å². The predicted octanol–water partition coefficient (Wildman–Crippen LogP) is 3.14. The fraction of sp³-hybridized carbons (Fsp3) is 0.696. The Hall–Kier alpha value is -1.66. The predicted molar refractivity (Wildman–Crippen MR) is 119 cm³/mol. The quantitative estimate of drug-likeness (QED) is 0.566. The van der Waals surface area contributed by atoms with E-state index in [2.05, 4.69) is 34.4 Å². The standard InChI is InChI=1S/C23H38FN5/c1-4-25-22(26-17-20-9-8-19(2)21(24)16-20)27-18-23(10-14-28(3)15-11-23)29-12-6-5-7-13-29/h8-9,16H,4-7,10-15,17-18H2,1-3H3,(H2,25,26,27). The normalized spacial score (nSPS) is 21.2. The number of benzene rings is 1. The number of rotatable bonds is 6. The Morgan fingerprint density at radius 3 is 2.48 bits per heavy atom. The van der Waals surface area contributed by atoms with E-state index >= 15 is 0 Å². The first-order chi connectivity index (χ1) is 14.0. The molecule has 0 aliphatic carbocycles. The summed E-state index contributed by atoms with van der Waals surface area (Å²) in [5.74, 6) is 0.662. The zero-order valence-electron chi connectivity index (χ0n) is 18.4. The molecular formula is C23H38FN5. The molecule has 2 aliphatic heterocycles. The Kier molecular flexibility index (Phi) is 7.90. The molecule has 5 nitrogen and oxygen atoms in total. The van der Waals surface area contributed by atoms with Crippen molar-refractivity contribution in [2.24, 2.45) is 4.99 Å². The van der Waals surface area contributed by atoms with Crippen LogP contribution in [0.1, 0.15) is 50.2 Å². The van der Waals surface area contributed by atoms with Gasteiger partial charge >= 0.3 is 0 Å². The van der Waals surface area contributed by atoms with Gasteiger partial charge < -0.3 is 15.5 Å². The highest BCUT2D eigenvalue weighted by Gasteiger charge is 2.39. The second-order valence-electron chi connectivity index (χ2n) is 8.71. The number of hydrogen-bond acceptors (Lipinski definition) is 3. The van der Waals surface area contributed by atoms with E-state index in [-0.39, 0.29) is 11.4 Å². The number of aliphatic imine (C=N–C) groups is 1. The van der Waals surface area contributed by atoms with Crippen molar-refractivity contribution < 1.29 is 4.39 Å². The Balaban J connectivity index is 1.67. The summed E-state index contributed by atoms with van der Waals surface area (Å²) in [5, 5.41) is 6.99. The fourth-order valence-corrected chi connectivity index (χ4v) is 4.50. The summed E-state index contributed by atoms with van der Waals surface area (Å²) in [6, 6.07) is 5.37. The first-order valence-corrected chi connectivity index (χ1v) is 11.2. The van der Waals surface area contributed by atoms with E-state index in [0.717, 1.165) is 37.7 Å². The Morgan fingerprint density at radius 2 is 1.83 bits per heavy atom. The maximum atomic E-state index is 13.8. The van der Waals surface area contributed by atoms with Crippen molar-refractivity contribution in [2.75, 3.05) is 46.3 Å². The number of nitrogens with one attached hydrogen (secondary N) is 2. The fourth-order valence-electron chi connectivity index (χ4n) is 4.50. The number of piperidine rings is 2. The number of nitrogens with zero attached hydrogens (tertiary/aromatic N) is 3. The van der Waals surface area contributed by atoms with E-state index < -0.39 is 0 Å². The molecule has 1 aromatic rings. The van der Waals surface area contributed by atoms with E-state index in [1.165, 1.54) is 45.2 Å². The number of halogens is 1.